The lowest BCUT2D eigenvalue weighted by atomic mass is 10.3. The van der Waals surface area contributed by atoms with E-state index in [1.807, 2.05) is 0 Å². The summed E-state index contributed by atoms with van der Waals surface area (Å²) in [5.74, 6) is 0.0604. The highest BCUT2D eigenvalue weighted by Crippen LogP contribution is 2.27. The zero-order chi connectivity index (χ0) is 14.9. The molecule has 2 N–H and O–H groups in total. The summed E-state index contributed by atoms with van der Waals surface area (Å²) >= 11 is 0. The van der Waals surface area contributed by atoms with Gasteiger partial charge in [0.15, 0.2) is 17.0 Å². The van der Waals surface area contributed by atoms with Crippen molar-refractivity contribution in [1.29, 1.82) is 0 Å². The van der Waals surface area contributed by atoms with Gasteiger partial charge in [0.1, 0.15) is 12.1 Å². The van der Waals surface area contributed by atoms with Gasteiger partial charge in [-0.1, -0.05) is 6.07 Å². The number of ether oxygens (including phenoxy) is 1. The van der Waals surface area contributed by atoms with Crippen LogP contribution in [0.15, 0.2) is 36.9 Å². The molecule has 0 atom stereocenters. The second-order valence-electron chi connectivity index (χ2n) is 4.02. The number of hydrogen-bond acceptors (Lipinski definition) is 5. The Hall–Kier alpha value is -2.84. The lowest BCUT2D eigenvalue weighted by molar-refractivity contribution is -0.274. The quantitative estimate of drug-likeness (QED) is 0.777. The van der Waals surface area contributed by atoms with Crippen LogP contribution in [0.25, 0.3) is 11.2 Å². The summed E-state index contributed by atoms with van der Waals surface area (Å²) in [6.07, 6.45) is -1.96. The van der Waals surface area contributed by atoms with Crippen LogP contribution in [0.2, 0.25) is 0 Å². The number of nitrogens with zero attached hydrogens (tertiary/aromatic N) is 3. The average molecular weight is 295 g/mol. The normalized spacial score (nSPS) is 11.6. The molecule has 0 spiro atoms. The van der Waals surface area contributed by atoms with Crippen LogP contribution in [-0.4, -0.2) is 26.3 Å². The predicted molar refractivity (Wildman–Crippen MR) is 68.1 cm³/mol. The van der Waals surface area contributed by atoms with Gasteiger partial charge in [0.05, 0.1) is 6.33 Å². The predicted octanol–water partition coefficient (Wildman–Crippen LogP) is 3.00. The molecule has 2 aromatic heterocycles. The Morgan fingerprint density at radius 2 is 2.00 bits per heavy atom. The molecule has 0 unspecified atom stereocenters. The molecular weight excluding hydrogens is 287 g/mol. The molecule has 0 bridgehead atoms. The standard InChI is InChI=1S/C12H8F3N5O/c13-12(14,15)21-8-3-1-2-7(4-8)20-11-9-10(17-5-16-9)18-6-19-11/h1-6H,(H2,16,17,18,19,20). The number of alkyl halides is 3. The number of anilines is 2. The van der Waals surface area contributed by atoms with Gasteiger partial charge < -0.3 is 15.0 Å². The molecule has 0 aliphatic rings. The highest BCUT2D eigenvalue weighted by atomic mass is 19.4. The van der Waals surface area contributed by atoms with Crippen molar-refractivity contribution in [2.24, 2.45) is 0 Å². The van der Waals surface area contributed by atoms with E-state index in [9.17, 15) is 13.2 Å². The van der Waals surface area contributed by atoms with Crippen LogP contribution in [0.3, 0.4) is 0 Å². The Bertz CT molecular complexity index is 771. The SMILES string of the molecule is FC(F)(F)Oc1cccc(Nc2ncnc3[nH]cnc23)c1. The summed E-state index contributed by atoms with van der Waals surface area (Å²) in [5, 5.41) is 2.88. The molecule has 0 amide bonds. The van der Waals surface area contributed by atoms with Crippen molar-refractivity contribution in [3.63, 3.8) is 0 Å². The number of nitrogens with one attached hydrogen (secondary N) is 2. The highest BCUT2D eigenvalue weighted by molar-refractivity contribution is 5.84. The first-order valence-electron chi connectivity index (χ1n) is 5.78. The molecule has 0 aliphatic heterocycles. The number of rotatable bonds is 3. The van der Waals surface area contributed by atoms with E-state index in [0.29, 0.717) is 22.7 Å². The second kappa shape index (κ2) is 4.93. The summed E-state index contributed by atoms with van der Waals surface area (Å²) in [6, 6.07) is 5.45. The number of aromatic amines is 1. The molecule has 6 nitrogen and oxygen atoms in total. The Morgan fingerprint density at radius 1 is 1.14 bits per heavy atom. The number of imidazole rings is 1. The van der Waals surface area contributed by atoms with Crippen molar-refractivity contribution >= 4 is 22.7 Å². The first-order chi connectivity index (χ1) is 10.0. The van der Waals surface area contributed by atoms with Crippen LogP contribution in [0, 0.1) is 0 Å². The molecule has 0 radical (unpaired) electrons. The number of hydrogen-bond donors (Lipinski definition) is 2. The monoisotopic (exact) mass is 295 g/mol. The highest BCUT2D eigenvalue weighted by Gasteiger charge is 2.31. The van der Waals surface area contributed by atoms with Gasteiger partial charge in [-0.2, -0.15) is 0 Å². The van der Waals surface area contributed by atoms with Gasteiger partial charge in [0, 0.05) is 11.8 Å². The Morgan fingerprint density at radius 3 is 2.81 bits per heavy atom. The third-order valence-electron chi connectivity index (χ3n) is 2.55. The minimum atomic E-state index is -4.73. The van der Waals surface area contributed by atoms with Crippen LogP contribution in [0.5, 0.6) is 5.75 Å². The fourth-order valence-corrected chi connectivity index (χ4v) is 1.76. The summed E-state index contributed by atoms with van der Waals surface area (Å²) < 4.78 is 40.4. The summed E-state index contributed by atoms with van der Waals surface area (Å²) in [4.78, 5) is 14.8. The Balaban J connectivity index is 1.88. The average Bonchev–Trinajstić information content (AvgIpc) is 2.86. The van der Waals surface area contributed by atoms with Crippen molar-refractivity contribution in [3.8, 4) is 5.75 Å². The summed E-state index contributed by atoms with van der Waals surface area (Å²) in [5.41, 5.74) is 1.40. The van der Waals surface area contributed by atoms with Gasteiger partial charge in [-0.3, -0.25) is 0 Å². The smallest absolute Gasteiger partial charge is 0.406 e. The zero-order valence-corrected chi connectivity index (χ0v) is 10.3. The van der Waals surface area contributed by atoms with E-state index in [2.05, 4.69) is 30.0 Å². The first-order valence-corrected chi connectivity index (χ1v) is 5.78. The zero-order valence-electron chi connectivity index (χ0n) is 10.3. The van der Waals surface area contributed by atoms with E-state index in [1.54, 1.807) is 6.07 Å². The van der Waals surface area contributed by atoms with E-state index in [-0.39, 0.29) is 5.75 Å². The van der Waals surface area contributed by atoms with Crippen LogP contribution in [-0.2, 0) is 0 Å². The fraction of sp³-hybridized carbons (Fsp3) is 0.0833. The minimum Gasteiger partial charge on any atom is -0.406 e. The molecule has 3 rings (SSSR count). The lowest BCUT2D eigenvalue weighted by Gasteiger charge is -2.11. The van der Waals surface area contributed by atoms with E-state index in [0.717, 1.165) is 0 Å². The van der Waals surface area contributed by atoms with Gasteiger partial charge in [0.2, 0.25) is 0 Å². The van der Waals surface area contributed by atoms with Gasteiger partial charge in [-0.05, 0) is 12.1 Å². The van der Waals surface area contributed by atoms with E-state index in [4.69, 9.17) is 0 Å². The molecule has 21 heavy (non-hydrogen) atoms. The molecular formula is C12H8F3N5O. The van der Waals surface area contributed by atoms with Gasteiger partial charge in [-0.15, -0.1) is 13.2 Å². The molecule has 9 heteroatoms. The van der Waals surface area contributed by atoms with E-state index >= 15 is 0 Å². The van der Waals surface area contributed by atoms with Gasteiger partial charge in [-0.25, -0.2) is 15.0 Å². The Labute approximate surface area is 116 Å². The Kier molecular flexibility index (Phi) is 3.09. The van der Waals surface area contributed by atoms with Crippen molar-refractivity contribution in [2.45, 2.75) is 6.36 Å². The second-order valence-corrected chi connectivity index (χ2v) is 4.02. The molecule has 0 saturated heterocycles. The number of benzene rings is 1. The van der Waals surface area contributed by atoms with Crippen molar-refractivity contribution in [2.75, 3.05) is 5.32 Å². The van der Waals surface area contributed by atoms with Crippen molar-refractivity contribution in [1.82, 2.24) is 19.9 Å². The van der Waals surface area contributed by atoms with Gasteiger partial charge >= 0.3 is 6.36 Å². The van der Waals surface area contributed by atoms with E-state index in [1.165, 1.54) is 30.9 Å². The minimum absolute atomic E-state index is 0.320. The van der Waals surface area contributed by atoms with E-state index < -0.39 is 6.36 Å². The third kappa shape index (κ3) is 3.02. The summed E-state index contributed by atoms with van der Waals surface area (Å²) in [7, 11) is 0. The van der Waals surface area contributed by atoms with Crippen LogP contribution in [0.1, 0.15) is 0 Å². The molecule has 0 aliphatic carbocycles. The largest absolute Gasteiger partial charge is 0.573 e. The lowest BCUT2D eigenvalue weighted by Crippen LogP contribution is -2.17. The molecule has 1 aromatic carbocycles. The topological polar surface area (TPSA) is 75.7 Å². The van der Waals surface area contributed by atoms with Crippen LogP contribution in [0.4, 0.5) is 24.7 Å². The molecule has 0 saturated carbocycles. The number of halogens is 3. The van der Waals surface area contributed by atoms with Crippen LogP contribution >= 0.6 is 0 Å². The maximum atomic E-state index is 12.2. The van der Waals surface area contributed by atoms with Gasteiger partial charge in [0.25, 0.3) is 0 Å². The number of H-pyrrole nitrogens is 1. The molecule has 3 aromatic rings. The van der Waals surface area contributed by atoms with Crippen molar-refractivity contribution < 1.29 is 17.9 Å². The maximum absolute atomic E-state index is 12.2. The first kappa shape index (κ1) is 13.2. The molecule has 2 heterocycles. The third-order valence-corrected chi connectivity index (χ3v) is 2.55. The number of fused-ring (bicyclic) bond motifs is 1. The molecule has 0 fully saturated rings. The summed E-state index contributed by atoms with van der Waals surface area (Å²) in [6.45, 7) is 0. The molecule has 108 valence electrons. The number of aromatic nitrogens is 4. The van der Waals surface area contributed by atoms with Crippen molar-refractivity contribution in [3.05, 3.63) is 36.9 Å². The van der Waals surface area contributed by atoms with Crippen LogP contribution < -0.4 is 10.1 Å². The maximum Gasteiger partial charge on any atom is 0.573 e. The fourth-order valence-electron chi connectivity index (χ4n) is 1.76.